The second-order valence-electron chi connectivity index (χ2n) is 4.63. The molecular weight excluding hydrogens is 186 g/mol. The molecule has 0 saturated heterocycles. The summed E-state index contributed by atoms with van der Waals surface area (Å²) >= 11 is 0. The van der Waals surface area contributed by atoms with Crippen LogP contribution in [0.25, 0.3) is 0 Å². The fraction of sp³-hybridized carbons (Fsp3) is 0.750. The van der Waals surface area contributed by atoms with Crippen LogP contribution in [0.2, 0.25) is 0 Å². The molecule has 0 radical (unpaired) electrons. The van der Waals surface area contributed by atoms with Gasteiger partial charge in [0.05, 0.1) is 6.54 Å². The maximum absolute atomic E-state index is 4.39. The molecular formula is C12H21N3. The van der Waals surface area contributed by atoms with Crippen molar-refractivity contribution < 1.29 is 0 Å². The SMILES string of the molecule is CCCN(Cc1nccn1C)CC1CC1. The zero-order valence-corrected chi connectivity index (χ0v) is 9.82. The lowest BCUT2D eigenvalue weighted by molar-refractivity contribution is 0.246. The minimum Gasteiger partial charge on any atom is -0.337 e. The van der Waals surface area contributed by atoms with Crippen LogP contribution >= 0.6 is 0 Å². The van der Waals surface area contributed by atoms with Gasteiger partial charge in [-0.25, -0.2) is 4.98 Å². The van der Waals surface area contributed by atoms with Crippen molar-refractivity contribution in [2.75, 3.05) is 13.1 Å². The van der Waals surface area contributed by atoms with Crippen molar-refractivity contribution in [1.29, 1.82) is 0 Å². The molecule has 0 spiro atoms. The first-order valence-electron chi connectivity index (χ1n) is 5.98. The average molecular weight is 207 g/mol. The summed E-state index contributed by atoms with van der Waals surface area (Å²) in [6.45, 7) is 5.72. The van der Waals surface area contributed by atoms with E-state index in [9.17, 15) is 0 Å². The molecule has 0 bridgehead atoms. The Morgan fingerprint density at radius 1 is 1.53 bits per heavy atom. The number of aromatic nitrogens is 2. The third kappa shape index (κ3) is 3.06. The average Bonchev–Trinajstić information content (AvgIpc) is 2.92. The largest absolute Gasteiger partial charge is 0.337 e. The molecule has 3 heteroatoms. The molecule has 1 aromatic heterocycles. The molecule has 84 valence electrons. The molecule has 3 nitrogen and oxygen atoms in total. The van der Waals surface area contributed by atoms with Crippen LogP contribution in [0.5, 0.6) is 0 Å². The van der Waals surface area contributed by atoms with Crippen LogP contribution in [0.4, 0.5) is 0 Å². The fourth-order valence-electron chi connectivity index (χ4n) is 1.97. The second kappa shape index (κ2) is 4.79. The predicted molar refractivity (Wildman–Crippen MR) is 61.5 cm³/mol. The van der Waals surface area contributed by atoms with Gasteiger partial charge < -0.3 is 4.57 Å². The van der Waals surface area contributed by atoms with Crippen LogP contribution in [-0.4, -0.2) is 27.5 Å². The number of rotatable bonds is 6. The van der Waals surface area contributed by atoms with Gasteiger partial charge in [-0.1, -0.05) is 6.92 Å². The first kappa shape index (κ1) is 10.7. The molecule has 1 heterocycles. The lowest BCUT2D eigenvalue weighted by Gasteiger charge is -2.20. The molecule has 0 atom stereocenters. The molecule has 1 aliphatic carbocycles. The highest BCUT2D eigenvalue weighted by molar-refractivity contribution is 4.91. The van der Waals surface area contributed by atoms with Gasteiger partial charge >= 0.3 is 0 Å². The Hall–Kier alpha value is -0.830. The summed E-state index contributed by atoms with van der Waals surface area (Å²) in [5, 5.41) is 0. The van der Waals surface area contributed by atoms with Crippen molar-refractivity contribution in [2.24, 2.45) is 13.0 Å². The Kier molecular flexibility index (Phi) is 3.41. The normalized spacial score (nSPS) is 16.2. The quantitative estimate of drug-likeness (QED) is 0.712. The molecule has 0 amide bonds. The minimum atomic E-state index is 0.969. The number of aryl methyl sites for hydroxylation is 1. The van der Waals surface area contributed by atoms with Gasteiger partial charge in [0.1, 0.15) is 5.82 Å². The van der Waals surface area contributed by atoms with Gasteiger partial charge in [-0.3, -0.25) is 4.90 Å². The predicted octanol–water partition coefficient (Wildman–Crippen LogP) is 2.04. The molecule has 15 heavy (non-hydrogen) atoms. The first-order valence-corrected chi connectivity index (χ1v) is 5.98. The summed E-state index contributed by atoms with van der Waals surface area (Å²) < 4.78 is 2.12. The molecule has 0 aliphatic heterocycles. The van der Waals surface area contributed by atoms with E-state index in [4.69, 9.17) is 0 Å². The van der Waals surface area contributed by atoms with E-state index in [-0.39, 0.29) is 0 Å². The van der Waals surface area contributed by atoms with E-state index < -0.39 is 0 Å². The zero-order valence-electron chi connectivity index (χ0n) is 9.82. The molecule has 0 aromatic carbocycles. The monoisotopic (exact) mass is 207 g/mol. The van der Waals surface area contributed by atoms with Gasteiger partial charge in [0, 0.05) is 26.0 Å². The molecule has 0 N–H and O–H groups in total. The van der Waals surface area contributed by atoms with Crippen molar-refractivity contribution >= 4 is 0 Å². The number of imidazole rings is 1. The standard InChI is InChI=1S/C12H21N3/c1-3-7-15(9-11-4-5-11)10-12-13-6-8-14(12)2/h6,8,11H,3-5,7,9-10H2,1-2H3. The van der Waals surface area contributed by atoms with E-state index in [1.165, 1.54) is 38.2 Å². The van der Waals surface area contributed by atoms with Crippen molar-refractivity contribution in [3.05, 3.63) is 18.2 Å². The lowest BCUT2D eigenvalue weighted by Crippen LogP contribution is -2.27. The Labute approximate surface area is 92.1 Å². The van der Waals surface area contributed by atoms with Gasteiger partial charge in [-0.2, -0.15) is 0 Å². The van der Waals surface area contributed by atoms with Crippen LogP contribution < -0.4 is 0 Å². The van der Waals surface area contributed by atoms with Crippen LogP contribution in [0.3, 0.4) is 0 Å². The Morgan fingerprint density at radius 2 is 2.33 bits per heavy atom. The van der Waals surface area contributed by atoms with E-state index >= 15 is 0 Å². The van der Waals surface area contributed by atoms with Crippen LogP contribution in [0.15, 0.2) is 12.4 Å². The number of hydrogen-bond donors (Lipinski definition) is 0. The number of hydrogen-bond acceptors (Lipinski definition) is 2. The number of nitrogens with zero attached hydrogens (tertiary/aromatic N) is 3. The summed E-state index contributed by atoms with van der Waals surface area (Å²) in [4.78, 5) is 6.93. The molecule has 1 fully saturated rings. The van der Waals surface area contributed by atoms with Crippen molar-refractivity contribution in [3.8, 4) is 0 Å². The summed E-state index contributed by atoms with van der Waals surface area (Å²) in [7, 11) is 2.07. The van der Waals surface area contributed by atoms with Gasteiger partial charge in [0.25, 0.3) is 0 Å². The van der Waals surface area contributed by atoms with Gasteiger partial charge in [0.15, 0.2) is 0 Å². The Morgan fingerprint density at radius 3 is 2.87 bits per heavy atom. The van der Waals surface area contributed by atoms with E-state index in [1.807, 2.05) is 12.4 Å². The molecule has 2 rings (SSSR count). The minimum absolute atomic E-state index is 0.969. The molecule has 1 aliphatic rings. The van der Waals surface area contributed by atoms with Crippen LogP contribution in [0.1, 0.15) is 32.0 Å². The summed E-state index contributed by atoms with van der Waals surface area (Å²) in [5.41, 5.74) is 0. The summed E-state index contributed by atoms with van der Waals surface area (Å²) in [5.74, 6) is 2.15. The summed E-state index contributed by atoms with van der Waals surface area (Å²) in [6, 6.07) is 0. The van der Waals surface area contributed by atoms with Crippen LogP contribution in [0, 0.1) is 5.92 Å². The maximum Gasteiger partial charge on any atom is 0.122 e. The van der Waals surface area contributed by atoms with Crippen molar-refractivity contribution in [2.45, 2.75) is 32.7 Å². The van der Waals surface area contributed by atoms with Gasteiger partial charge in [0.2, 0.25) is 0 Å². The zero-order chi connectivity index (χ0) is 10.7. The van der Waals surface area contributed by atoms with E-state index in [0.29, 0.717) is 0 Å². The first-order chi connectivity index (χ1) is 7.29. The van der Waals surface area contributed by atoms with Crippen LogP contribution in [-0.2, 0) is 13.6 Å². The fourth-order valence-corrected chi connectivity index (χ4v) is 1.97. The molecule has 1 saturated carbocycles. The highest BCUT2D eigenvalue weighted by atomic mass is 15.2. The van der Waals surface area contributed by atoms with E-state index in [2.05, 4.69) is 28.4 Å². The topological polar surface area (TPSA) is 21.1 Å². The molecule has 1 aromatic rings. The Bertz CT molecular complexity index is 302. The van der Waals surface area contributed by atoms with Gasteiger partial charge in [-0.05, 0) is 31.7 Å². The lowest BCUT2D eigenvalue weighted by atomic mass is 10.3. The maximum atomic E-state index is 4.39. The third-order valence-electron chi connectivity index (χ3n) is 3.04. The van der Waals surface area contributed by atoms with Crippen molar-refractivity contribution in [3.63, 3.8) is 0 Å². The van der Waals surface area contributed by atoms with E-state index in [1.54, 1.807) is 0 Å². The third-order valence-corrected chi connectivity index (χ3v) is 3.04. The molecule has 0 unspecified atom stereocenters. The Balaban J connectivity index is 1.89. The summed E-state index contributed by atoms with van der Waals surface area (Å²) in [6.07, 6.45) is 8.01. The highest BCUT2D eigenvalue weighted by Gasteiger charge is 2.24. The smallest absolute Gasteiger partial charge is 0.122 e. The highest BCUT2D eigenvalue weighted by Crippen LogP contribution is 2.30. The van der Waals surface area contributed by atoms with E-state index in [0.717, 1.165) is 12.5 Å². The van der Waals surface area contributed by atoms with Gasteiger partial charge in [-0.15, -0.1) is 0 Å². The van der Waals surface area contributed by atoms with Crippen molar-refractivity contribution in [1.82, 2.24) is 14.5 Å². The second-order valence-corrected chi connectivity index (χ2v) is 4.63.